The van der Waals surface area contributed by atoms with Crippen LogP contribution < -0.4 is 16.4 Å². The van der Waals surface area contributed by atoms with E-state index in [2.05, 4.69) is 10.6 Å². The summed E-state index contributed by atoms with van der Waals surface area (Å²) in [5.41, 5.74) is 7.27. The zero-order valence-corrected chi connectivity index (χ0v) is 13.8. The minimum absolute atomic E-state index is 0.0591. The first-order valence-corrected chi connectivity index (χ1v) is 8.04. The Kier molecular flexibility index (Phi) is 5.98. The van der Waals surface area contributed by atoms with Gasteiger partial charge in [0.25, 0.3) is 0 Å². The van der Waals surface area contributed by atoms with Gasteiger partial charge >= 0.3 is 6.03 Å². The van der Waals surface area contributed by atoms with Crippen LogP contribution in [0.4, 0.5) is 4.79 Å². The molecule has 0 aromatic heterocycles. The van der Waals surface area contributed by atoms with Gasteiger partial charge in [-0.25, -0.2) is 4.79 Å². The highest BCUT2D eigenvalue weighted by atomic mass is 16.2. The number of likely N-dealkylation sites (tertiary alicyclic amines) is 1. The van der Waals surface area contributed by atoms with E-state index in [0.29, 0.717) is 5.92 Å². The monoisotopic (exact) mass is 318 g/mol. The van der Waals surface area contributed by atoms with Crippen molar-refractivity contribution in [3.63, 3.8) is 0 Å². The lowest BCUT2D eigenvalue weighted by Gasteiger charge is -2.22. The number of hydrogen-bond acceptors (Lipinski definition) is 3. The zero-order valence-electron chi connectivity index (χ0n) is 13.8. The third-order valence-electron chi connectivity index (χ3n) is 4.27. The van der Waals surface area contributed by atoms with Crippen molar-refractivity contribution in [2.24, 2.45) is 11.7 Å². The van der Waals surface area contributed by atoms with Crippen LogP contribution in [0.25, 0.3) is 0 Å². The van der Waals surface area contributed by atoms with E-state index in [9.17, 15) is 9.59 Å². The highest BCUT2D eigenvalue weighted by Crippen LogP contribution is 2.22. The predicted molar refractivity (Wildman–Crippen MR) is 89.9 cm³/mol. The standard InChI is InChI=1S/C17H26N4O2/c1-12-4-3-5-14(8-12)15(20-17(18)23)9-16(22)21-7-6-13(11-21)10-19-2/h3-5,8,13,15,19H,6-7,9-11H2,1-2H3,(H3,18,20,23)/t13-,15-/m1/s1. The molecule has 23 heavy (non-hydrogen) atoms. The summed E-state index contributed by atoms with van der Waals surface area (Å²) in [5, 5.41) is 5.85. The van der Waals surface area contributed by atoms with Crippen LogP contribution in [0.15, 0.2) is 24.3 Å². The molecule has 0 radical (unpaired) electrons. The third kappa shape index (κ3) is 4.96. The molecule has 6 heteroatoms. The van der Waals surface area contributed by atoms with E-state index in [-0.39, 0.29) is 18.4 Å². The van der Waals surface area contributed by atoms with Crippen molar-refractivity contribution < 1.29 is 9.59 Å². The van der Waals surface area contributed by atoms with Gasteiger partial charge in [-0.3, -0.25) is 4.79 Å². The Balaban J connectivity index is 2.03. The Morgan fingerprint density at radius 1 is 1.43 bits per heavy atom. The fraction of sp³-hybridized carbons (Fsp3) is 0.529. The van der Waals surface area contributed by atoms with Gasteiger partial charge in [0, 0.05) is 13.1 Å². The minimum atomic E-state index is -0.612. The van der Waals surface area contributed by atoms with Crippen LogP contribution in [0.3, 0.4) is 0 Å². The molecule has 1 aliphatic heterocycles. The van der Waals surface area contributed by atoms with E-state index in [4.69, 9.17) is 5.73 Å². The Hall–Kier alpha value is -2.08. The number of rotatable bonds is 6. The van der Waals surface area contributed by atoms with Crippen molar-refractivity contribution >= 4 is 11.9 Å². The molecule has 3 amide bonds. The second-order valence-corrected chi connectivity index (χ2v) is 6.23. The highest BCUT2D eigenvalue weighted by molar-refractivity contribution is 5.79. The number of carbonyl (C=O) groups is 2. The lowest BCUT2D eigenvalue weighted by atomic mass is 10.0. The molecular formula is C17H26N4O2. The first kappa shape index (κ1) is 17.3. The normalized spacial score (nSPS) is 18.7. The van der Waals surface area contributed by atoms with E-state index in [1.165, 1.54) is 0 Å². The lowest BCUT2D eigenvalue weighted by molar-refractivity contribution is -0.130. The first-order valence-electron chi connectivity index (χ1n) is 8.04. The van der Waals surface area contributed by atoms with Gasteiger partial charge in [0.2, 0.25) is 5.91 Å². The van der Waals surface area contributed by atoms with Crippen LogP contribution >= 0.6 is 0 Å². The van der Waals surface area contributed by atoms with Gasteiger partial charge in [-0.2, -0.15) is 0 Å². The number of aryl methyl sites for hydroxylation is 1. The van der Waals surface area contributed by atoms with Crippen LogP contribution in [-0.2, 0) is 4.79 Å². The number of hydrogen-bond donors (Lipinski definition) is 3. The molecule has 0 saturated carbocycles. The maximum atomic E-state index is 12.6. The molecule has 0 aliphatic carbocycles. The molecule has 126 valence electrons. The van der Waals surface area contributed by atoms with Gasteiger partial charge in [-0.05, 0) is 38.4 Å². The highest BCUT2D eigenvalue weighted by Gasteiger charge is 2.28. The number of nitrogens with one attached hydrogen (secondary N) is 2. The van der Waals surface area contributed by atoms with Gasteiger partial charge in [0.15, 0.2) is 0 Å². The average molecular weight is 318 g/mol. The van der Waals surface area contributed by atoms with E-state index in [0.717, 1.165) is 37.2 Å². The van der Waals surface area contributed by atoms with Gasteiger partial charge in [0.1, 0.15) is 0 Å². The van der Waals surface area contributed by atoms with Crippen molar-refractivity contribution in [2.75, 3.05) is 26.7 Å². The van der Waals surface area contributed by atoms with E-state index >= 15 is 0 Å². The van der Waals surface area contributed by atoms with Crippen LogP contribution in [-0.4, -0.2) is 43.5 Å². The molecule has 1 fully saturated rings. The van der Waals surface area contributed by atoms with E-state index in [1.807, 2.05) is 43.1 Å². The maximum Gasteiger partial charge on any atom is 0.312 e. The molecule has 1 aliphatic rings. The molecule has 1 heterocycles. The zero-order chi connectivity index (χ0) is 16.8. The number of primary amides is 1. The average Bonchev–Trinajstić information content (AvgIpc) is 2.95. The summed E-state index contributed by atoms with van der Waals surface area (Å²) in [6, 6.07) is 6.79. The molecule has 1 aromatic rings. The Morgan fingerprint density at radius 3 is 2.87 bits per heavy atom. The fourth-order valence-electron chi connectivity index (χ4n) is 3.13. The summed E-state index contributed by atoms with van der Waals surface area (Å²) in [4.78, 5) is 25.7. The molecule has 1 aromatic carbocycles. The smallest absolute Gasteiger partial charge is 0.312 e. The number of nitrogens with zero attached hydrogens (tertiary/aromatic N) is 1. The Bertz CT molecular complexity index is 561. The van der Waals surface area contributed by atoms with Crippen LogP contribution in [0, 0.1) is 12.8 Å². The number of nitrogens with two attached hydrogens (primary N) is 1. The summed E-state index contributed by atoms with van der Waals surface area (Å²) in [6.45, 7) is 4.46. The van der Waals surface area contributed by atoms with Crippen molar-refractivity contribution in [3.05, 3.63) is 35.4 Å². The summed E-state index contributed by atoms with van der Waals surface area (Å²) < 4.78 is 0. The number of benzene rings is 1. The summed E-state index contributed by atoms with van der Waals surface area (Å²) in [7, 11) is 1.93. The van der Waals surface area contributed by atoms with Gasteiger partial charge < -0.3 is 21.3 Å². The van der Waals surface area contributed by atoms with Crippen LogP contribution in [0.2, 0.25) is 0 Å². The van der Waals surface area contributed by atoms with Gasteiger partial charge in [0.05, 0.1) is 12.5 Å². The molecule has 1 saturated heterocycles. The summed E-state index contributed by atoms with van der Waals surface area (Å²) in [6.07, 6.45) is 1.25. The van der Waals surface area contributed by atoms with Crippen LogP contribution in [0.1, 0.15) is 30.0 Å². The quantitative estimate of drug-likeness (QED) is 0.735. The number of amides is 3. The van der Waals surface area contributed by atoms with Crippen molar-refractivity contribution in [3.8, 4) is 0 Å². The third-order valence-corrected chi connectivity index (χ3v) is 4.27. The molecule has 0 unspecified atom stereocenters. The van der Waals surface area contributed by atoms with Crippen molar-refractivity contribution in [1.29, 1.82) is 0 Å². The first-order chi connectivity index (χ1) is 11.0. The van der Waals surface area contributed by atoms with Crippen LogP contribution in [0.5, 0.6) is 0 Å². The molecule has 4 N–H and O–H groups in total. The maximum absolute atomic E-state index is 12.6. The molecule has 0 spiro atoms. The number of carbonyl (C=O) groups excluding carboxylic acids is 2. The fourth-order valence-corrected chi connectivity index (χ4v) is 3.13. The SMILES string of the molecule is CNC[C@H]1CCN(C(=O)C[C@@H](NC(N)=O)c2cccc(C)c2)C1. The van der Waals surface area contributed by atoms with E-state index in [1.54, 1.807) is 0 Å². The second kappa shape index (κ2) is 7.97. The molecule has 6 nitrogen and oxygen atoms in total. The molecule has 2 rings (SSSR count). The molecular weight excluding hydrogens is 292 g/mol. The Labute approximate surface area is 137 Å². The topological polar surface area (TPSA) is 87.5 Å². The second-order valence-electron chi connectivity index (χ2n) is 6.23. The van der Waals surface area contributed by atoms with E-state index < -0.39 is 6.03 Å². The van der Waals surface area contributed by atoms with Gasteiger partial charge in [-0.1, -0.05) is 29.8 Å². The summed E-state index contributed by atoms with van der Waals surface area (Å²) in [5.74, 6) is 0.564. The lowest BCUT2D eigenvalue weighted by Crippen LogP contribution is -2.38. The van der Waals surface area contributed by atoms with Crippen molar-refractivity contribution in [2.45, 2.75) is 25.8 Å². The largest absolute Gasteiger partial charge is 0.352 e. The molecule has 0 bridgehead atoms. The molecule has 2 atom stereocenters. The minimum Gasteiger partial charge on any atom is -0.352 e. The number of urea groups is 1. The predicted octanol–water partition coefficient (Wildman–Crippen LogP) is 1.16. The van der Waals surface area contributed by atoms with Gasteiger partial charge in [-0.15, -0.1) is 0 Å². The van der Waals surface area contributed by atoms with Crippen molar-refractivity contribution in [1.82, 2.24) is 15.5 Å². The summed E-state index contributed by atoms with van der Waals surface area (Å²) >= 11 is 0. The Morgan fingerprint density at radius 2 is 2.22 bits per heavy atom.